The highest BCUT2D eigenvalue weighted by molar-refractivity contribution is 7.09. The molecule has 1 aromatic heterocycles. The first-order chi connectivity index (χ1) is 14.1. The van der Waals surface area contributed by atoms with E-state index in [4.69, 9.17) is 0 Å². The monoisotopic (exact) mass is 413 g/mol. The number of hydrogen-bond acceptors (Lipinski definition) is 4. The van der Waals surface area contributed by atoms with Crippen LogP contribution in [-0.2, 0) is 13.0 Å². The molecule has 2 aliphatic heterocycles. The van der Waals surface area contributed by atoms with E-state index in [1.165, 1.54) is 0 Å². The maximum absolute atomic E-state index is 13.1. The SMILES string of the molecule is CCc1ccccc1C(=O)N1CC2CN(C(=O)NCc3cccs3)CC2(CO)C1. The minimum absolute atomic E-state index is 0.0222. The van der Waals surface area contributed by atoms with Crippen LogP contribution in [0.25, 0.3) is 0 Å². The number of thiophene rings is 1. The molecule has 6 nitrogen and oxygen atoms in total. The third kappa shape index (κ3) is 3.76. The molecule has 0 aliphatic carbocycles. The van der Waals surface area contributed by atoms with Crippen LogP contribution in [0.2, 0.25) is 0 Å². The van der Waals surface area contributed by atoms with E-state index in [9.17, 15) is 14.7 Å². The zero-order valence-electron chi connectivity index (χ0n) is 16.6. The van der Waals surface area contributed by atoms with Crippen molar-refractivity contribution in [1.82, 2.24) is 15.1 Å². The van der Waals surface area contributed by atoms with Crippen molar-refractivity contribution in [2.45, 2.75) is 19.9 Å². The Labute approximate surface area is 175 Å². The zero-order chi connectivity index (χ0) is 20.4. The first-order valence-electron chi connectivity index (χ1n) is 10.1. The maximum Gasteiger partial charge on any atom is 0.317 e. The Morgan fingerprint density at radius 1 is 1.17 bits per heavy atom. The van der Waals surface area contributed by atoms with Gasteiger partial charge in [0.05, 0.1) is 13.2 Å². The molecule has 3 heterocycles. The summed E-state index contributed by atoms with van der Waals surface area (Å²) in [6, 6.07) is 11.6. The number of aliphatic hydroxyl groups excluding tert-OH is 1. The largest absolute Gasteiger partial charge is 0.396 e. The lowest BCUT2D eigenvalue weighted by Crippen LogP contribution is -2.43. The fourth-order valence-electron chi connectivity index (χ4n) is 4.61. The van der Waals surface area contributed by atoms with Gasteiger partial charge in [-0.25, -0.2) is 4.79 Å². The summed E-state index contributed by atoms with van der Waals surface area (Å²) in [4.78, 5) is 30.5. The van der Waals surface area contributed by atoms with Crippen LogP contribution < -0.4 is 5.32 Å². The number of likely N-dealkylation sites (tertiary alicyclic amines) is 2. The Kier molecular flexibility index (Phi) is 5.61. The first kappa shape index (κ1) is 19.9. The van der Waals surface area contributed by atoms with E-state index in [2.05, 4.69) is 5.32 Å². The zero-order valence-corrected chi connectivity index (χ0v) is 17.5. The molecule has 2 saturated heterocycles. The molecule has 2 unspecified atom stereocenters. The lowest BCUT2D eigenvalue weighted by Gasteiger charge is -2.27. The quantitative estimate of drug-likeness (QED) is 0.791. The van der Waals surface area contributed by atoms with Crippen LogP contribution in [0.3, 0.4) is 0 Å². The van der Waals surface area contributed by atoms with E-state index < -0.39 is 5.41 Å². The molecule has 7 heteroatoms. The van der Waals surface area contributed by atoms with Crippen LogP contribution in [0, 0.1) is 11.3 Å². The second-order valence-electron chi connectivity index (χ2n) is 8.03. The highest BCUT2D eigenvalue weighted by atomic mass is 32.1. The van der Waals surface area contributed by atoms with Crippen molar-refractivity contribution in [3.05, 3.63) is 57.8 Å². The molecule has 2 atom stereocenters. The molecule has 3 amide bonds. The first-order valence-corrected chi connectivity index (χ1v) is 11.0. The van der Waals surface area contributed by atoms with Gasteiger partial charge in [0.15, 0.2) is 0 Å². The summed E-state index contributed by atoms with van der Waals surface area (Å²) in [7, 11) is 0. The lowest BCUT2D eigenvalue weighted by atomic mass is 9.82. The van der Waals surface area contributed by atoms with Gasteiger partial charge in [0.2, 0.25) is 0 Å². The number of nitrogens with zero attached hydrogens (tertiary/aromatic N) is 2. The van der Waals surface area contributed by atoms with Crippen molar-refractivity contribution in [2.75, 3.05) is 32.8 Å². The van der Waals surface area contributed by atoms with Crippen molar-refractivity contribution >= 4 is 23.3 Å². The normalized spacial score (nSPS) is 23.3. The van der Waals surface area contributed by atoms with E-state index in [-0.39, 0.29) is 24.5 Å². The molecule has 4 rings (SSSR count). The topological polar surface area (TPSA) is 72.9 Å². The van der Waals surface area contributed by atoms with Crippen molar-refractivity contribution in [3.63, 3.8) is 0 Å². The summed E-state index contributed by atoms with van der Waals surface area (Å²) in [6.45, 7) is 4.64. The summed E-state index contributed by atoms with van der Waals surface area (Å²) in [5, 5.41) is 15.1. The number of hydrogen-bond donors (Lipinski definition) is 2. The molecule has 0 saturated carbocycles. The Hall–Kier alpha value is -2.38. The molecule has 0 bridgehead atoms. The van der Waals surface area contributed by atoms with Crippen molar-refractivity contribution in [2.24, 2.45) is 11.3 Å². The Morgan fingerprint density at radius 2 is 1.93 bits per heavy atom. The number of benzene rings is 1. The van der Waals surface area contributed by atoms with Gasteiger partial charge in [0, 0.05) is 48.0 Å². The average molecular weight is 414 g/mol. The molecule has 0 radical (unpaired) electrons. The average Bonchev–Trinajstić information content (AvgIpc) is 3.46. The fourth-order valence-corrected chi connectivity index (χ4v) is 5.25. The smallest absolute Gasteiger partial charge is 0.317 e. The summed E-state index contributed by atoms with van der Waals surface area (Å²) in [5.41, 5.74) is 1.35. The Balaban J connectivity index is 1.42. The maximum atomic E-state index is 13.1. The summed E-state index contributed by atoms with van der Waals surface area (Å²) in [6.07, 6.45) is 0.808. The van der Waals surface area contributed by atoms with Gasteiger partial charge in [-0.3, -0.25) is 4.79 Å². The molecular weight excluding hydrogens is 386 g/mol. The van der Waals surface area contributed by atoms with Gasteiger partial charge >= 0.3 is 6.03 Å². The number of urea groups is 1. The van der Waals surface area contributed by atoms with Gasteiger partial charge in [0.25, 0.3) is 5.91 Å². The van der Waals surface area contributed by atoms with Gasteiger partial charge in [0.1, 0.15) is 0 Å². The second-order valence-corrected chi connectivity index (χ2v) is 9.06. The molecule has 2 fully saturated rings. The minimum Gasteiger partial charge on any atom is -0.396 e. The van der Waals surface area contributed by atoms with Gasteiger partial charge in [-0.05, 0) is 29.5 Å². The molecule has 154 valence electrons. The number of fused-ring (bicyclic) bond motifs is 1. The predicted octanol–water partition coefficient (Wildman–Crippen LogP) is 2.59. The minimum atomic E-state index is -0.433. The highest BCUT2D eigenvalue weighted by Gasteiger charge is 2.54. The third-order valence-corrected chi connectivity index (χ3v) is 7.15. The van der Waals surface area contributed by atoms with Gasteiger partial charge in [-0.15, -0.1) is 11.3 Å². The number of carbonyl (C=O) groups excluding carboxylic acids is 2. The van der Waals surface area contributed by atoms with E-state index in [1.807, 2.05) is 53.6 Å². The van der Waals surface area contributed by atoms with Crippen LogP contribution in [-0.4, -0.2) is 59.6 Å². The second kappa shape index (κ2) is 8.16. The molecule has 2 aromatic rings. The predicted molar refractivity (Wildman–Crippen MR) is 113 cm³/mol. The van der Waals surface area contributed by atoms with E-state index in [0.717, 1.165) is 22.4 Å². The number of carbonyl (C=O) groups is 2. The standard InChI is InChI=1S/C22H27N3O3S/c1-2-16-6-3-4-8-19(16)20(27)24-11-17-12-25(14-22(17,13-24)15-26)21(28)23-10-18-7-5-9-29-18/h3-9,17,26H,2,10-15H2,1H3,(H,23,28). The number of rotatable bonds is 5. The summed E-state index contributed by atoms with van der Waals surface area (Å²) >= 11 is 1.61. The van der Waals surface area contributed by atoms with E-state index >= 15 is 0 Å². The fraction of sp³-hybridized carbons (Fsp3) is 0.455. The van der Waals surface area contributed by atoms with Crippen LogP contribution in [0.1, 0.15) is 27.7 Å². The number of amides is 3. The number of aryl methyl sites for hydroxylation is 1. The van der Waals surface area contributed by atoms with Gasteiger partial charge < -0.3 is 20.2 Å². The summed E-state index contributed by atoms with van der Waals surface area (Å²) in [5.74, 6) is 0.121. The van der Waals surface area contributed by atoms with Gasteiger partial charge in [-0.1, -0.05) is 31.2 Å². The lowest BCUT2D eigenvalue weighted by molar-refractivity contribution is 0.0728. The molecule has 2 aliphatic rings. The Bertz CT molecular complexity index is 885. The van der Waals surface area contributed by atoms with E-state index in [0.29, 0.717) is 32.7 Å². The molecular formula is C22H27N3O3S. The van der Waals surface area contributed by atoms with Crippen LogP contribution in [0.15, 0.2) is 41.8 Å². The molecule has 0 spiro atoms. The molecule has 2 N–H and O–H groups in total. The van der Waals surface area contributed by atoms with Crippen molar-refractivity contribution in [1.29, 1.82) is 0 Å². The van der Waals surface area contributed by atoms with Crippen LogP contribution >= 0.6 is 11.3 Å². The molecule has 29 heavy (non-hydrogen) atoms. The highest BCUT2D eigenvalue weighted by Crippen LogP contribution is 2.42. The van der Waals surface area contributed by atoms with Crippen LogP contribution in [0.4, 0.5) is 4.79 Å². The number of nitrogens with one attached hydrogen (secondary N) is 1. The Morgan fingerprint density at radius 3 is 2.62 bits per heavy atom. The van der Waals surface area contributed by atoms with Gasteiger partial charge in [-0.2, -0.15) is 0 Å². The third-order valence-electron chi connectivity index (χ3n) is 6.27. The number of aliphatic hydroxyl groups is 1. The van der Waals surface area contributed by atoms with Crippen LogP contribution in [0.5, 0.6) is 0 Å². The van der Waals surface area contributed by atoms with Crippen molar-refractivity contribution < 1.29 is 14.7 Å². The molecule has 1 aromatic carbocycles. The van der Waals surface area contributed by atoms with Crippen molar-refractivity contribution in [3.8, 4) is 0 Å². The van der Waals surface area contributed by atoms with E-state index in [1.54, 1.807) is 16.2 Å². The summed E-state index contributed by atoms with van der Waals surface area (Å²) < 4.78 is 0.